The van der Waals surface area contributed by atoms with Crippen LogP contribution in [0.15, 0.2) is 0 Å². The van der Waals surface area contributed by atoms with Crippen LogP contribution in [0.2, 0.25) is 0 Å². The second kappa shape index (κ2) is 5.27. The fourth-order valence-corrected chi connectivity index (χ4v) is 2.95. The molecule has 0 aromatic rings. The molecule has 0 N–H and O–H groups in total. The van der Waals surface area contributed by atoms with Crippen LogP contribution in [-0.2, 0) is 14.3 Å². The third-order valence-electron chi connectivity index (χ3n) is 3.08. The Kier molecular flexibility index (Phi) is 3.93. The standard InChI is InChI=1S/C11H18N2O3S/c1-8-5-16-9(2)3-13(8)10(14)4-12-7-17-6-11(12)15/h8-9H,3-7H2,1-2H3. The Hall–Kier alpha value is -0.750. The number of thioether (sulfide) groups is 1. The Labute approximate surface area is 105 Å². The van der Waals surface area contributed by atoms with E-state index in [1.807, 2.05) is 18.7 Å². The van der Waals surface area contributed by atoms with Gasteiger partial charge in [0.2, 0.25) is 11.8 Å². The SMILES string of the molecule is CC1CN(C(=O)CN2CSCC2=O)C(C)CO1. The van der Waals surface area contributed by atoms with Gasteiger partial charge in [0.25, 0.3) is 0 Å². The van der Waals surface area contributed by atoms with E-state index in [0.29, 0.717) is 24.8 Å². The van der Waals surface area contributed by atoms with Gasteiger partial charge in [-0.2, -0.15) is 0 Å². The van der Waals surface area contributed by atoms with Gasteiger partial charge < -0.3 is 14.5 Å². The molecule has 2 unspecified atom stereocenters. The molecule has 0 aromatic carbocycles. The summed E-state index contributed by atoms with van der Waals surface area (Å²) in [7, 11) is 0. The number of nitrogens with zero attached hydrogens (tertiary/aromatic N) is 2. The van der Waals surface area contributed by atoms with Crippen LogP contribution in [-0.4, -0.2) is 65.1 Å². The molecule has 0 aliphatic carbocycles. The van der Waals surface area contributed by atoms with Gasteiger partial charge in [-0.05, 0) is 13.8 Å². The van der Waals surface area contributed by atoms with E-state index in [2.05, 4.69) is 0 Å². The summed E-state index contributed by atoms with van der Waals surface area (Å²) in [5.74, 6) is 1.24. The highest BCUT2D eigenvalue weighted by molar-refractivity contribution is 8.00. The highest BCUT2D eigenvalue weighted by atomic mass is 32.2. The topological polar surface area (TPSA) is 49.9 Å². The van der Waals surface area contributed by atoms with Gasteiger partial charge in [0, 0.05) is 6.54 Å². The number of amides is 2. The predicted octanol–water partition coefficient (Wildman–Crippen LogP) is 0.155. The van der Waals surface area contributed by atoms with E-state index in [9.17, 15) is 9.59 Å². The molecule has 96 valence electrons. The fraction of sp³-hybridized carbons (Fsp3) is 0.818. The van der Waals surface area contributed by atoms with Crippen molar-refractivity contribution in [1.82, 2.24) is 9.80 Å². The van der Waals surface area contributed by atoms with E-state index >= 15 is 0 Å². The van der Waals surface area contributed by atoms with Gasteiger partial charge in [0.1, 0.15) is 6.54 Å². The van der Waals surface area contributed by atoms with Crippen molar-refractivity contribution in [2.24, 2.45) is 0 Å². The van der Waals surface area contributed by atoms with E-state index in [1.165, 1.54) is 0 Å². The fourth-order valence-electron chi connectivity index (χ4n) is 2.05. The van der Waals surface area contributed by atoms with Crippen molar-refractivity contribution >= 4 is 23.6 Å². The Morgan fingerprint density at radius 2 is 2.29 bits per heavy atom. The summed E-state index contributed by atoms with van der Waals surface area (Å²) >= 11 is 1.56. The second-order valence-electron chi connectivity index (χ2n) is 4.61. The van der Waals surface area contributed by atoms with Gasteiger partial charge in [0.15, 0.2) is 0 Å². The van der Waals surface area contributed by atoms with Gasteiger partial charge in [-0.3, -0.25) is 9.59 Å². The molecule has 0 aromatic heterocycles. The maximum atomic E-state index is 12.1. The van der Waals surface area contributed by atoms with Crippen molar-refractivity contribution in [2.45, 2.75) is 26.0 Å². The van der Waals surface area contributed by atoms with Crippen LogP contribution in [0.5, 0.6) is 0 Å². The zero-order valence-electron chi connectivity index (χ0n) is 10.2. The maximum absolute atomic E-state index is 12.1. The van der Waals surface area contributed by atoms with E-state index < -0.39 is 0 Å². The lowest BCUT2D eigenvalue weighted by Gasteiger charge is -2.37. The van der Waals surface area contributed by atoms with E-state index in [-0.39, 0.29) is 30.5 Å². The number of carbonyl (C=O) groups excluding carboxylic acids is 2. The summed E-state index contributed by atoms with van der Waals surface area (Å²) in [6.45, 7) is 5.35. The van der Waals surface area contributed by atoms with Crippen LogP contribution in [0.25, 0.3) is 0 Å². The minimum absolute atomic E-state index is 0.0310. The Morgan fingerprint density at radius 3 is 2.94 bits per heavy atom. The molecule has 17 heavy (non-hydrogen) atoms. The normalized spacial score (nSPS) is 29.9. The minimum atomic E-state index is 0.0310. The van der Waals surface area contributed by atoms with Gasteiger partial charge in [-0.15, -0.1) is 11.8 Å². The first-order chi connectivity index (χ1) is 8.08. The molecule has 0 radical (unpaired) electrons. The van der Waals surface area contributed by atoms with Crippen molar-refractivity contribution < 1.29 is 14.3 Å². The molecule has 2 atom stereocenters. The summed E-state index contributed by atoms with van der Waals surface area (Å²) < 4.78 is 5.48. The molecule has 2 amide bonds. The van der Waals surface area contributed by atoms with Crippen LogP contribution in [0, 0.1) is 0 Å². The number of carbonyl (C=O) groups is 2. The highest BCUT2D eigenvalue weighted by Crippen LogP contribution is 2.16. The summed E-state index contributed by atoms with van der Waals surface area (Å²) in [5, 5.41) is 0. The predicted molar refractivity (Wildman–Crippen MR) is 65.6 cm³/mol. The first kappa shape index (κ1) is 12.7. The van der Waals surface area contributed by atoms with Gasteiger partial charge in [-0.25, -0.2) is 0 Å². The first-order valence-electron chi connectivity index (χ1n) is 5.84. The zero-order valence-corrected chi connectivity index (χ0v) is 11.0. The van der Waals surface area contributed by atoms with E-state index in [0.717, 1.165) is 0 Å². The van der Waals surface area contributed by atoms with Gasteiger partial charge >= 0.3 is 0 Å². The lowest BCUT2D eigenvalue weighted by atomic mass is 10.2. The monoisotopic (exact) mass is 258 g/mol. The molecule has 2 saturated heterocycles. The number of ether oxygens (including phenoxy) is 1. The zero-order chi connectivity index (χ0) is 12.4. The molecule has 2 fully saturated rings. The summed E-state index contributed by atoms with van der Waals surface area (Å²) in [6, 6.07) is 0.101. The van der Waals surface area contributed by atoms with Crippen molar-refractivity contribution in [3.05, 3.63) is 0 Å². The molecular weight excluding hydrogens is 240 g/mol. The largest absolute Gasteiger partial charge is 0.375 e. The van der Waals surface area contributed by atoms with Crippen molar-refractivity contribution in [3.63, 3.8) is 0 Å². The van der Waals surface area contributed by atoms with Crippen LogP contribution in [0.3, 0.4) is 0 Å². The van der Waals surface area contributed by atoms with Gasteiger partial charge in [-0.1, -0.05) is 0 Å². The molecule has 2 aliphatic heterocycles. The van der Waals surface area contributed by atoms with Crippen molar-refractivity contribution in [2.75, 3.05) is 31.3 Å². The molecule has 0 spiro atoms. The molecule has 6 heteroatoms. The van der Waals surface area contributed by atoms with Crippen molar-refractivity contribution in [1.29, 1.82) is 0 Å². The third-order valence-corrected chi connectivity index (χ3v) is 4.02. The van der Waals surface area contributed by atoms with Crippen LogP contribution >= 0.6 is 11.8 Å². The summed E-state index contributed by atoms with van der Waals surface area (Å²) in [6.07, 6.45) is 0.0822. The van der Waals surface area contributed by atoms with Gasteiger partial charge in [0.05, 0.1) is 30.4 Å². The molecule has 0 bridgehead atoms. The molecule has 2 rings (SSSR count). The number of morpholine rings is 1. The summed E-state index contributed by atoms with van der Waals surface area (Å²) in [5.41, 5.74) is 0. The average molecular weight is 258 g/mol. The molecule has 2 heterocycles. The van der Waals surface area contributed by atoms with Crippen LogP contribution in [0.4, 0.5) is 0 Å². The summed E-state index contributed by atoms with van der Waals surface area (Å²) in [4.78, 5) is 27.0. The number of hydrogen-bond donors (Lipinski definition) is 0. The lowest BCUT2D eigenvalue weighted by Crippen LogP contribution is -2.53. The number of hydrogen-bond acceptors (Lipinski definition) is 4. The molecule has 5 nitrogen and oxygen atoms in total. The maximum Gasteiger partial charge on any atom is 0.242 e. The van der Waals surface area contributed by atoms with Crippen molar-refractivity contribution in [3.8, 4) is 0 Å². The second-order valence-corrected chi connectivity index (χ2v) is 5.56. The number of rotatable bonds is 2. The Morgan fingerprint density at radius 1 is 1.53 bits per heavy atom. The van der Waals surface area contributed by atoms with Crippen LogP contribution in [0.1, 0.15) is 13.8 Å². The first-order valence-corrected chi connectivity index (χ1v) is 7.00. The lowest BCUT2D eigenvalue weighted by molar-refractivity contribution is -0.147. The van der Waals surface area contributed by atoms with E-state index in [4.69, 9.17) is 4.74 Å². The Balaban J connectivity index is 1.92. The Bertz CT molecular complexity index is 324. The van der Waals surface area contributed by atoms with E-state index in [1.54, 1.807) is 16.7 Å². The third kappa shape index (κ3) is 2.93. The smallest absolute Gasteiger partial charge is 0.242 e. The highest BCUT2D eigenvalue weighted by Gasteiger charge is 2.30. The van der Waals surface area contributed by atoms with Crippen LogP contribution < -0.4 is 0 Å². The minimum Gasteiger partial charge on any atom is -0.375 e. The average Bonchev–Trinajstić information content (AvgIpc) is 2.68. The molecule has 2 aliphatic rings. The quantitative estimate of drug-likeness (QED) is 0.708. The molecule has 0 saturated carbocycles. The molecular formula is C11H18N2O3S.